The van der Waals surface area contributed by atoms with Crippen LogP contribution < -0.4 is 4.74 Å². The van der Waals surface area contributed by atoms with Crippen molar-refractivity contribution in [2.45, 2.75) is 24.6 Å². The maximum atomic E-state index is 9.66. The lowest BCUT2D eigenvalue weighted by Crippen LogP contribution is -2.54. The zero-order valence-corrected chi connectivity index (χ0v) is 9.62. The van der Waals surface area contributed by atoms with Crippen molar-refractivity contribution in [3.63, 3.8) is 0 Å². The first-order valence-electron chi connectivity index (χ1n) is 5.16. The average Bonchev–Trinajstić information content (AvgIpc) is 2.32. The molecule has 94 valence electrons. The Kier molecular flexibility index (Phi) is 3.86. The van der Waals surface area contributed by atoms with E-state index in [-0.39, 0.29) is 6.61 Å². The van der Waals surface area contributed by atoms with E-state index in [0.29, 0.717) is 10.8 Å². The molecule has 0 aromatic heterocycles. The van der Waals surface area contributed by atoms with Crippen molar-refractivity contribution in [2.75, 3.05) is 6.61 Å². The van der Waals surface area contributed by atoms with Crippen LogP contribution in [0.1, 0.15) is 0 Å². The van der Waals surface area contributed by atoms with Gasteiger partial charge in [0.25, 0.3) is 0 Å². The van der Waals surface area contributed by atoms with Crippen molar-refractivity contribution in [1.82, 2.24) is 0 Å². The minimum absolute atomic E-state index is 0.104. The summed E-state index contributed by atoms with van der Waals surface area (Å²) in [6, 6.07) is 6.72. The summed E-state index contributed by atoms with van der Waals surface area (Å²) in [4.78, 5) is 0. The Hall–Kier alpha value is -0.850. The number of aliphatic hydroxyl groups excluding tert-OH is 3. The molecule has 2 rings (SSSR count). The number of ether oxygens (including phenoxy) is 2. The highest BCUT2D eigenvalue weighted by molar-refractivity contribution is 6.32. The van der Waals surface area contributed by atoms with Crippen LogP contribution in [0.25, 0.3) is 0 Å². The molecule has 17 heavy (non-hydrogen) atoms. The molecule has 1 saturated heterocycles. The zero-order valence-electron chi connectivity index (χ0n) is 8.86. The first-order valence-corrected chi connectivity index (χ1v) is 5.54. The highest BCUT2D eigenvalue weighted by Gasteiger charge is 2.39. The molecule has 0 amide bonds. The van der Waals surface area contributed by atoms with Crippen LogP contribution in [-0.2, 0) is 4.74 Å². The van der Waals surface area contributed by atoms with Crippen molar-refractivity contribution in [3.05, 3.63) is 29.3 Å². The molecule has 5 nitrogen and oxygen atoms in total. The molecule has 0 bridgehead atoms. The normalized spacial score (nSPS) is 33.4. The molecule has 0 saturated carbocycles. The fraction of sp³-hybridized carbons (Fsp3) is 0.455. The third-order valence-corrected chi connectivity index (χ3v) is 2.85. The van der Waals surface area contributed by atoms with Gasteiger partial charge in [-0.25, -0.2) is 0 Å². The quantitative estimate of drug-likeness (QED) is 0.706. The van der Waals surface area contributed by atoms with E-state index in [2.05, 4.69) is 0 Å². The average molecular weight is 261 g/mol. The number of rotatable bonds is 2. The second-order valence-corrected chi connectivity index (χ2v) is 4.21. The summed E-state index contributed by atoms with van der Waals surface area (Å²) in [5.74, 6) is 0.349. The topological polar surface area (TPSA) is 79.2 Å². The lowest BCUT2D eigenvalue weighted by Gasteiger charge is -2.35. The van der Waals surface area contributed by atoms with E-state index in [9.17, 15) is 15.3 Å². The molecule has 1 heterocycles. The molecular formula is C11H13ClO5. The van der Waals surface area contributed by atoms with E-state index >= 15 is 0 Å². The van der Waals surface area contributed by atoms with Crippen molar-refractivity contribution in [1.29, 1.82) is 0 Å². The Bertz CT molecular complexity index is 386. The van der Waals surface area contributed by atoms with Gasteiger partial charge in [-0.2, -0.15) is 0 Å². The Morgan fingerprint density at radius 3 is 2.59 bits per heavy atom. The highest BCUT2D eigenvalue weighted by Crippen LogP contribution is 2.27. The SMILES string of the molecule is O[C@H]1[C@@H](Oc2ccccc2Cl)OC[C@@H](O)[C@H]1O. The predicted molar refractivity (Wildman–Crippen MR) is 59.8 cm³/mol. The van der Waals surface area contributed by atoms with E-state index in [1.807, 2.05) is 0 Å². The summed E-state index contributed by atoms with van der Waals surface area (Å²) in [5.41, 5.74) is 0. The van der Waals surface area contributed by atoms with E-state index in [1.165, 1.54) is 0 Å². The lowest BCUT2D eigenvalue weighted by atomic mass is 10.1. The standard InChI is InChI=1S/C11H13ClO5/c12-6-3-1-2-4-8(6)17-11-10(15)9(14)7(13)5-16-11/h1-4,7,9-11,13-15H,5H2/t7-,9-,10-,11-/m1/s1. The first-order chi connectivity index (χ1) is 8.09. The molecule has 0 radical (unpaired) electrons. The third kappa shape index (κ3) is 2.70. The van der Waals surface area contributed by atoms with E-state index in [0.717, 1.165) is 0 Å². The molecular weight excluding hydrogens is 248 g/mol. The van der Waals surface area contributed by atoms with Gasteiger partial charge >= 0.3 is 0 Å². The summed E-state index contributed by atoms with van der Waals surface area (Å²) >= 11 is 5.88. The minimum Gasteiger partial charge on any atom is -0.460 e. The van der Waals surface area contributed by atoms with E-state index in [1.54, 1.807) is 24.3 Å². The van der Waals surface area contributed by atoms with Gasteiger partial charge in [0.1, 0.15) is 24.1 Å². The highest BCUT2D eigenvalue weighted by atomic mass is 35.5. The monoisotopic (exact) mass is 260 g/mol. The molecule has 1 aliphatic rings. The van der Waals surface area contributed by atoms with Crippen LogP contribution >= 0.6 is 11.6 Å². The molecule has 3 N–H and O–H groups in total. The maximum absolute atomic E-state index is 9.66. The fourth-order valence-corrected chi connectivity index (χ4v) is 1.73. The molecule has 1 aliphatic heterocycles. The predicted octanol–water partition coefficient (Wildman–Crippen LogP) is 0.158. The van der Waals surface area contributed by atoms with Crippen LogP contribution in [0.2, 0.25) is 5.02 Å². The summed E-state index contributed by atoms with van der Waals surface area (Å²) < 4.78 is 10.4. The number of halogens is 1. The van der Waals surface area contributed by atoms with Crippen LogP contribution in [0.5, 0.6) is 5.75 Å². The van der Waals surface area contributed by atoms with E-state index in [4.69, 9.17) is 21.1 Å². The van der Waals surface area contributed by atoms with Crippen LogP contribution in [-0.4, -0.2) is 46.5 Å². The molecule has 4 atom stereocenters. The number of para-hydroxylation sites is 1. The van der Waals surface area contributed by atoms with Crippen molar-refractivity contribution in [2.24, 2.45) is 0 Å². The Balaban J connectivity index is 2.07. The van der Waals surface area contributed by atoms with Crippen LogP contribution in [0.4, 0.5) is 0 Å². The number of benzene rings is 1. The van der Waals surface area contributed by atoms with Gasteiger partial charge in [-0.15, -0.1) is 0 Å². The van der Waals surface area contributed by atoms with Crippen LogP contribution in [0.3, 0.4) is 0 Å². The first kappa shape index (κ1) is 12.6. The van der Waals surface area contributed by atoms with Gasteiger partial charge in [-0.05, 0) is 12.1 Å². The summed E-state index contributed by atoms with van der Waals surface area (Å²) in [6.45, 7) is -0.104. The van der Waals surface area contributed by atoms with Gasteiger partial charge in [0.2, 0.25) is 6.29 Å². The van der Waals surface area contributed by atoms with Crippen LogP contribution in [0, 0.1) is 0 Å². The fourth-order valence-electron chi connectivity index (χ4n) is 1.55. The van der Waals surface area contributed by atoms with Gasteiger partial charge in [-0.3, -0.25) is 0 Å². The van der Waals surface area contributed by atoms with Gasteiger partial charge < -0.3 is 24.8 Å². The number of aliphatic hydroxyl groups is 3. The molecule has 6 heteroatoms. The Labute approximate surface area is 103 Å². The lowest BCUT2D eigenvalue weighted by molar-refractivity contribution is -0.242. The Morgan fingerprint density at radius 1 is 1.18 bits per heavy atom. The largest absolute Gasteiger partial charge is 0.460 e. The maximum Gasteiger partial charge on any atom is 0.228 e. The second kappa shape index (κ2) is 5.20. The van der Waals surface area contributed by atoms with E-state index < -0.39 is 24.6 Å². The minimum atomic E-state index is -1.32. The molecule has 0 unspecified atom stereocenters. The van der Waals surface area contributed by atoms with Crippen molar-refractivity contribution in [3.8, 4) is 5.75 Å². The van der Waals surface area contributed by atoms with Gasteiger partial charge in [0.05, 0.1) is 11.6 Å². The summed E-state index contributed by atoms with van der Waals surface area (Å²) in [5, 5.41) is 28.8. The number of hydrogen-bond acceptors (Lipinski definition) is 5. The summed E-state index contributed by atoms with van der Waals surface area (Å²) in [7, 11) is 0. The second-order valence-electron chi connectivity index (χ2n) is 3.80. The molecule has 0 spiro atoms. The van der Waals surface area contributed by atoms with Gasteiger partial charge in [-0.1, -0.05) is 23.7 Å². The number of hydrogen-bond donors (Lipinski definition) is 3. The van der Waals surface area contributed by atoms with Gasteiger partial charge in [0.15, 0.2) is 0 Å². The zero-order chi connectivity index (χ0) is 12.4. The smallest absolute Gasteiger partial charge is 0.228 e. The van der Waals surface area contributed by atoms with Crippen molar-refractivity contribution < 1.29 is 24.8 Å². The van der Waals surface area contributed by atoms with Gasteiger partial charge in [0, 0.05) is 0 Å². The Morgan fingerprint density at radius 2 is 1.88 bits per heavy atom. The molecule has 0 aliphatic carbocycles. The van der Waals surface area contributed by atoms with Crippen LogP contribution in [0.15, 0.2) is 24.3 Å². The molecule has 1 aromatic carbocycles. The third-order valence-electron chi connectivity index (χ3n) is 2.53. The van der Waals surface area contributed by atoms with Crippen molar-refractivity contribution >= 4 is 11.6 Å². The molecule has 1 aromatic rings. The molecule has 1 fully saturated rings. The summed E-state index contributed by atoms with van der Waals surface area (Å²) in [6.07, 6.45) is -4.78.